The lowest BCUT2D eigenvalue weighted by atomic mass is 9.86. The van der Waals surface area contributed by atoms with Gasteiger partial charge in [-0.2, -0.15) is 10.5 Å². The van der Waals surface area contributed by atoms with Crippen LogP contribution in [0.4, 0.5) is 0 Å². The fourth-order valence-corrected chi connectivity index (χ4v) is 2.45. The van der Waals surface area contributed by atoms with Gasteiger partial charge in [0.2, 0.25) is 0 Å². The molecule has 2 aromatic carbocycles. The molecule has 0 saturated heterocycles. The van der Waals surface area contributed by atoms with Crippen LogP contribution in [0.1, 0.15) is 18.9 Å². The summed E-state index contributed by atoms with van der Waals surface area (Å²) < 4.78 is 0. The van der Waals surface area contributed by atoms with Crippen LogP contribution in [-0.2, 0) is 6.42 Å². The summed E-state index contributed by atoms with van der Waals surface area (Å²) in [6.07, 6.45) is 1.36. The molecule has 0 saturated carbocycles. The Kier molecular flexibility index (Phi) is 4.16. The lowest BCUT2D eigenvalue weighted by molar-refractivity contribution is 0.480. The number of nitriles is 2. The number of hydrogen-bond acceptors (Lipinski definition) is 2. The summed E-state index contributed by atoms with van der Waals surface area (Å²) in [5, 5.41) is 20.8. The van der Waals surface area contributed by atoms with Crippen molar-refractivity contribution in [3.05, 3.63) is 48.0 Å². The highest BCUT2D eigenvalue weighted by atomic mass is 14.3. The second-order valence-electron chi connectivity index (χ2n) is 4.72. The maximum Gasteiger partial charge on any atom is 0.0673 e. The molecule has 2 aromatic rings. The Hall–Kier alpha value is -2.32. The number of rotatable bonds is 4. The van der Waals surface area contributed by atoms with Crippen molar-refractivity contribution < 1.29 is 0 Å². The van der Waals surface area contributed by atoms with Gasteiger partial charge in [-0.3, -0.25) is 0 Å². The van der Waals surface area contributed by atoms with Crippen LogP contribution in [0.5, 0.6) is 0 Å². The molecule has 94 valence electrons. The molecule has 2 unspecified atom stereocenters. The van der Waals surface area contributed by atoms with E-state index in [4.69, 9.17) is 5.26 Å². The van der Waals surface area contributed by atoms with E-state index in [1.54, 1.807) is 0 Å². The lowest BCUT2D eigenvalue weighted by Crippen LogP contribution is -2.13. The van der Waals surface area contributed by atoms with Crippen molar-refractivity contribution in [1.82, 2.24) is 0 Å². The van der Waals surface area contributed by atoms with E-state index in [0.29, 0.717) is 6.42 Å². The molecule has 0 amide bonds. The monoisotopic (exact) mass is 248 g/mol. The van der Waals surface area contributed by atoms with Crippen molar-refractivity contribution in [2.24, 2.45) is 11.8 Å². The van der Waals surface area contributed by atoms with Crippen LogP contribution >= 0.6 is 0 Å². The topological polar surface area (TPSA) is 47.6 Å². The molecule has 2 nitrogen and oxygen atoms in total. The minimum absolute atomic E-state index is 0.191. The van der Waals surface area contributed by atoms with E-state index < -0.39 is 0 Å². The molecular weight excluding hydrogens is 232 g/mol. The lowest BCUT2D eigenvalue weighted by Gasteiger charge is -2.14. The molecule has 0 spiro atoms. The zero-order valence-corrected chi connectivity index (χ0v) is 11.0. The molecular formula is C17H16N2. The molecule has 0 heterocycles. The van der Waals surface area contributed by atoms with E-state index in [9.17, 15) is 5.26 Å². The Labute approximate surface area is 113 Å². The first-order valence-electron chi connectivity index (χ1n) is 6.56. The van der Waals surface area contributed by atoms with Gasteiger partial charge >= 0.3 is 0 Å². The van der Waals surface area contributed by atoms with Gasteiger partial charge in [-0.15, -0.1) is 0 Å². The molecule has 0 radical (unpaired) electrons. The molecule has 0 fully saturated rings. The van der Waals surface area contributed by atoms with Gasteiger partial charge in [-0.1, -0.05) is 49.4 Å². The minimum Gasteiger partial charge on any atom is -0.198 e. The Morgan fingerprint density at radius 2 is 1.63 bits per heavy atom. The largest absolute Gasteiger partial charge is 0.198 e. The molecule has 0 aromatic heterocycles. The van der Waals surface area contributed by atoms with E-state index in [1.807, 2.05) is 25.1 Å². The van der Waals surface area contributed by atoms with Crippen LogP contribution in [0.15, 0.2) is 42.5 Å². The average molecular weight is 248 g/mol. The molecule has 2 heteroatoms. The predicted octanol–water partition coefficient (Wildman–Crippen LogP) is 4.07. The fourth-order valence-electron chi connectivity index (χ4n) is 2.45. The highest BCUT2D eigenvalue weighted by molar-refractivity contribution is 5.85. The van der Waals surface area contributed by atoms with Crippen LogP contribution in [0, 0.1) is 34.5 Å². The van der Waals surface area contributed by atoms with Gasteiger partial charge in [0.1, 0.15) is 0 Å². The quantitative estimate of drug-likeness (QED) is 0.818. The van der Waals surface area contributed by atoms with Crippen LogP contribution in [0.25, 0.3) is 10.8 Å². The normalized spacial score (nSPS) is 13.4. The van der Waals surface area contributed by atoms with Crippen molar-refractivity contribution >= 4 is 10.8 Å². The minimum atomic E-state index is -0.235. The number of fused-ring (bicyclic) bond motifs is 1. The Balaban J connectivity index is 2.36. The van der Waals surface area contributed by atoms with E-state index in [-0.39, 0.29) is 11.8 Å². The van der Waals surface area contributed by atoms with Crippen molar-refractivity contribution in [1.29, 1.82) is 10.5 Å². The van der Waals surface area contributed by atoms with E-state index in [2.05, 4.69) is 36.4 Å². The molecule has 0 aliphatic carbocycles. The highest BCUT2D eigenvalue weighted by Gasteiger charge is 2.20. The van der Waals surface area contributed by atoms with Crippen LogP contribution in [-0.4, -0.2) is 0 Å². The number of hydrogen-bond donors (Lipinski definition) is 0. The summed E-state index contributed by atoms with van der Waals surface area (Å²) >= 11 is 0. The average Bonchev–Trinajstić information content (AvgIpc) is 2.47. The standard InChI is InChI=1S/C17H16N2/c1-2-13(11-18)16(12-19)10-15-8-5-7-14-6-3-4-9-17(14)15/h3-9,13,16H,2,10H2,1H3. The van der Waals surface area contributed by atoms with Crippen molar-refractivity contribution in [2.45, 2.75) is 19.8 Å². The second-order valence-corrected chi connectivity index (χ2v) is 4.72. The Bertz CT molecular complexity index is 641. The summed E-state index contributed by atoms with van der Waals surface area (Å²) in [6, 6.07) is 18.8. The summed E-state index contributed by atoms with van der Waals surface area (Å²) in [7, 11) is 0. The van der Waals surface area contributed by atoms with E-state index in [0.717, 1.165) is 12.0 Å². The fraction of sp³-hybridized carbons (Fsp3) is 0.294. The van der Waals surface area contributed by atoms with Crippen molar-refractivity contribution in [2.75, 3.05) is 0 Å². The first-order valence-corrected chi connectivity index (χ1v) is 6.56. The van der Waals surface area contributed by atoms with E-state index >= 15 is 0 Å². The first kappa shape index (κ1) is 13.1. The smallest absolute Gasteiger partial charge is 0.0673 e. The van der Waals surface area contributed by atoms with Gasteiger partial charge in [-0.05, 0) is 29.2 Å². The third kappa shape index (κ3) is 2.75. The molecule has 0 aliphatic heterocycles. The van der Waals surface area contributed by atoms with E-state index in [1.165, 1.54) is 10.8 Å². The van der Waals surface area contributed by atoms with Crippen LogP contribution < -0.4 is 0 Å². The third-order valence-corrected chi connectivity index (χ3v) is 3.58. The zero-order chi connectivity index (χ0) is 13.7. The van der Waals surface area contributed by atoms with Crippen LogP contribution in [0.3, 0.4) is 0 Å². The maximum absolute atomic E-state index is 9.29. The van der Waals surface area contributed by atoms with Gasteiger partial charge < -0.3 is 0 Å². The van der Waals surface area contributed by atoms with Gasteiger partial charge in [0.25, 0.3) is 0 Å². The summed E-state index contributed by atoms with van der Waals surface area (Å²) in [6.45, 7) is 1.96. The summed E-state index contributed by atoms with van der Waals surface area (Å²) in [4.78, 5) is 0. The van der Waals surface area contributed by atoms with Gasteiger partial charge in [-0.25, -0.2) is 0 Å². The Morgan fingerprint density at radius 1 is 0.947 bits per heavy atom. The third-order valence-electron chi connectivity index (χ3n) is 3.58. The second kappa shape index (κ2) is 6.03. The molecule has 2 atom stereocenters. The number of benzene rings is 2. The van der Waals surface area contributed by atoms with Crippen molar-refractivity contribution in [3.8, 4) is 12.1 Å². The summed E-state index contributed by atoms with van der Waals surface area (Å²) in [5.41, 5.74) is 1.15. The predicted molar refractivity (Wildman–Crippen MR) is 76.1 cm³/mol. The van der Waals surface area contributed by atoms with Crippen molar-refractivity contribution in [3.63, 3.8) is 0 Å². The molecule has 0 N–H and O–H groups in total. The first-order chi connectivity index (χ1) is 9.30. The van der Waals surface area contributed by atoms with Crippen LogP contribution in [0.2, 0.25) is 0 Å². The number of nitrogens with zero attached hydrogens (tertiary/aromatic N) is 2. The maximum atomic E-state index is 9.29. The Morgan fingerprint density at radius 3 is 2.32 bits per heavy atom. The van der Waals surface area contributed by atoms with Gasteiger partial charge in [0.05, 0.1) is 24.0 Å². The highest BCUT2D eigenvalue weighted by Crippen LogP contribution is 2.25. The van der Waals surface area contributed by atoms with Gasteiger partial charge in [0.15, 0.2) is 0 Å². The van der Waals surface area contributed by atoms with Gasteiger partial charge in [0, 0.05) is 0 Å². The SMILES string of the molecule is CCC(C#N)C(C#N)Cc1cccc2ccccc12. The molecule has 0 aliphatic rings. The zero-order valence-electron chi connectivity index (χ0n) is 11.0. The molecule has 19 heavy (non-hydrogen) atoms. The summed E-state index contributed by atoms with van der Waals surface area (Å²) in [5.74, 6) is -0.426. The molecule has 0 bridgehead atoms. The molecule has 2 rings (SSSR count).